The molecular weight excluding hydrogens is 404 g/mol. The van der Waals surface area contributed by atoms with Gasteiger partial charge in [-0.15, -0.1) is 0 Å². The number of imidazole rings is 1. The van der Waals surface area contributed by atoms with Crippen molar-refractivity contribution in [2.75, 3.05) is 10.0 Å². The Balaban J connectivity index is 1.75. The van der Waals surface area contributed by atoms with Gasteiger partial charge < -0.3 is 15.0 Å². The summed E-state index contributed by atoms with van der Waals surface area (Å²) in [5, 5.41) is 12.7. The Bertz CT molecular complexity index is 1080. The van der Waals surface area contributed by atoms with Crippen LogP contribution in [0.25, 0.3) is 0 Å². The number of aromatic hydroxyl groups is 1. The number of anilines is 2. The summed E-state index contributed by atoms with van der Waals surface area (Å²) in [7, 11) is -3.97. The van der Waals surface area contributed by atoms with Crippen molar-refractivity contribution in [1.82, 2.24) is 9.55 Å². The zero-order chi connectivity index (χ0) is 20.1. The lowest BCUT2D eigenvalue weighted by Crippen LogP contribution is -2.16. The van der Waals surface area contributed by atoms with Crippen molar-refractivity contribution in [2.45, 2.75) is 17.9 Å². The SMILES string of the molecule is O=C(CCn1ccnc1)Nc1cc(S(=O)(=O)Nc2ccccc2Cl)ccc1O. The number of carbonyl (C=O) groups excluding carboxylic acids is 1. The number of sulfonamides is 1. The number of aromatic nitrogens is 2. The van der Waals surface area contributed by atoms with Gasteiger partial charge in [0.2, 0.25) is 5.91 Å². The number of phenolic OH excluding ortho intramolecular Hbond substituents is 1. The highest BCUT2D eigenvalue weighted by Gasteiger charge is 2.18. The monoisotopic (exact) mass is 420 g/mol. The zero-order valence-corrected chi connectivity index (χ0v) is 16.1. The van der Waals surface area contributed by atoms with Gasteiger partial charge in [-0.3, -0.25) is 9.52 Å². The Labute approximate surface area is 166 Å². The van der Waals surface area contributed by atoms with Crippen LogP contribution >= 0.6 is 11.6 Å². The van der Waals surface area contributed by atoms with Gasteiger partial charge in [-0.1, -0.05) is 23.7 Å². The molecule has 0 aliphatic rings. The van der Waals surface area contributed by atoms with E-state index in [4.69, 9.17) is 11.6 Å². The summed E-state index contributed by atoms with van der Waals surface area (Å²) in [6.45, 7) is 0.401. The van der Waals surface area contributed by atoms with Crippen LogP contribution in [0.4, 0.5) is 11.4 Å². The standard InChI is InChI=1S/C18H17ClN4O4S/c19-14-3-1-2-4-15(14)22-28(26,27)13-5-6-17(24)16(11-13)21-18(25)7-9-23-10-8-20-12-23/h1-6,8,10-12,22,24H,7,9H2,(H,21,25). The predicted octanol–water partition coefficient (Wildman–Crippen LogP) is 3.07. The molecule has 0 saturated heterocycles. The van der Waals surface area contributed by atoms with E-state index in [1.54, 1.807) is 41.5 Å². The topological polar surface area (TPSA) is 113 Å². The highest BCUT2D eigenvalue weighted by atomic mass is 35.5. The second-order valence-electron chi connectivity index (χ2n) is 5.86. The first-order valence-electron chi connectivity index (χ1n) is 8.21. The van der Waals surface area contributed by atoms with Crippen LogP contribution in [-0.2, 0) is 21.4 Å². The summed E-state index contributed by atoms with van der Waals surface area (Å²) in [4.78, 5) is 15.9. The molecule has 146 valence electrons. The molecule has 1 heterocycles. The predicted molar refractivity (Wildman–Crippen MR) is 106 cm³/mol. The molecule has 3 N–H and O–H groups in total. The largest absolute Gasteiger partial charge is 0.506 e. The fraction of sp³-hybridized carbons (Fsp3) is 0.111. The van der Waals surface area contributed by atoms with Crippen molar-refractivity contribution in [3.63, 3.8) is 0 Å². The van der Waals surface area contributed by atoms with E-state index in [0.29, 0.717) is 6.54 Å². The lowest BCUT2D eigenvalue weighted by atomic mass is 10.2. The molecular formula is C18H17ClN4O4S. The number of aryl methyl sites for hydroxylation is 1. The van der Waals surface area contributed by atoms with Crippen LogP contribution in [0.2, 0.25) is 5.02 Å². The molecule has 3 rings (SSSR count). The molecule has 0 saturated carbocycles. The first-order chi connectivity index (χ1) is 13.3. The number of nitrogens with zero attached hydrogens (tertiary/aromatic N) is 2. The molecule has 28 heavy (non-hydrogen) atoms. The van der Waals surface area contributed by atoms with Crippen LogP contribution in [0.15, 0.2) is 66.1 Å². The van der Waals surface area contributed by atoms with E-state index >= 15 is 0 Å². The van der Waals surface area contributed by atoms with Crippen LogP contribution in [-0.4, -0.2) is 29.0 Å². The smallest absolute Gasteiger partial charge is 0.262 e. The molecule has 0 aliphatic heterocycles. The van der Waals surface area contributed by atoms with E-state index in [9.17, 15) is 18.3 Å². The molecule has 0 spiro atoms. The van der Waals surface area contributed by atoms with E-state index in [0.717, 1.165) is 0 Å². The van der Waals surface area contributed by atoms with Crippen molar-refractivity contribution < 1.29 is 18.3 Å². The average Bonchev–Trinajstić information content (AvgIpc) is 3.17. The minimum Gasteiger partial charge on any atom is -0.506 e. The maximum absolute atomic E-state index is 12.6. The maximum Gasteiger partial charge on any atom is 0.262 e. The van der Waals surface area contributed by atoms with E-state index in [1.165, 1.54) is 24.3 Å². The van der Waals surface area contributed by atoms with Crippen molar-refractivity contribution in [3.8, 4) is 5.75 Å². The van der Waals surface area contributed by atoms with E-state index < -0.39 is 10.0 Å². The lowest BCUT2D eigenvalue weighted by molar-refractivity contribution is -0.116. The lowest BCUT2D eigenvalue weighted by Gasteiger charge is -2.12. The average molecular weight is 421 g/mol. The molecule has 8 nitrogen and oxygen atoms in total. The van der Waals surface area contributed by atoms with Gasteiger partial charge in [0, 0.05) is 25.4 Å². The van der Waals surface area contributed by atoms with Gasteiger partial charge in [0.15, 0.2) is 0 Å². The summed E-state index contributed by atoms with van der Waals surface area (Å²) < 4.78 is 29.3. The molecule has 0 atom stereocenters. The van der Waals surface area contributed by atoms with Gasteiger partial charge in [0.25, 0.3) is 10.0 Å². The second-order valence-corrected chi connectivity index (χ2v) is 7.95. The highest BCUT2D eigenvalue weighted by molar-refractivity contribution is 7.92. The van der Waals surface area contributed by atoms with Crippen LogP contribution in [0.3, 0.4) is 0 Å². The molecule has 0 fully saturated rings. The van der Waals surface area contributed by atoms with Crippen LogP contribution < -0.4 is 10.0 Å². The molecule has 0 aliphatic carbocycles. The summed E-state index contributed by atoms with van der Waals surface area (Å²) in [5.41, 5.74) is 0.223. The Morgan fingerprint density at radius 2 is 1.96 bits per heavy atom. The van der Waals surface area contributed by atoms with Crippen LogP contribution in [0.1, 0.15) is 6.42 Å². The molecule has 1 aromatic heterocycles. The number of hydrogen-bond acceptors (Lipinski definition) is 5. The van der Waals surface area contributed by atoms with Gasteiger partial charge in [-0.05, 0) is 30.3 Å². The molecule has 1 amide bonds. The van der Waals surface area contributed by atoms with Crippen molar-refractivity contribution >= 4 is 38.9 Å². The third-order valence-electron chi connectivity index (χ3n) is 3.83. The zero-order valence-electron chi connectivity index (χ0n) is 14.5. The Morgan fingerprint density at radius 1 is 1.18 bits per heavy atom. The number of halogens is 1. The number of rotatable bonds is 7. The Morgan fingerprint density at radius 3 is 2.68 bits per heavy atom. The fourth-order valence-electron chi connectivity index (χ4n) is 2.39. The van der Waals surface area contributed by atoms with Crippen molar-refractivity contribution in [1.29, 1.82) is 0 Å². The summed E-state index contributed by atoms with van der Waals surface area (Å²) in [5.74, 6) is -0.620. The number of phenols is 1. The number of benzene rings is 2. The number of para-hydroxylation sites is 1. The third-order valence-corrected chi connectivity index (χ3v) is 5.52. The van der Waals surface area contributed by atoms with Crippen molar-refractivity contribution in [3.05, 3.63) is 66.2 Å². The number of hydrogen-bond donors (Lipinski definition) is 3. The Hall–Kier alpha value is -3.04. The molecule has 0 unspecified atom stereocenters. The van der Waals surface area contributed by atoms with E-state index in [-0.39, 0.29) is 39.4 Å². The van der Waals surface area contributed by atoms with Gasteiger partial charge in [-0.25, -0.2) is 13.4 Å². The van der Waals surface area contributed by atoms with Crippen molar-refractivity contribution in [2.24, 2.45) is 0 Å². The minimum absolute atomic E-state index is 0.00216. The summed E-state index contributed by atoms with van der Waals surface area (Å²) >= 11 is 5.99. The number of amides is 1. The van der Waals surface area contributed by atoms with Gasteiger partial charge in [-0.2, -0.15) is 0 Å². The molecule has 2 aromatic carbocycles. The molecule has 10 heteroatoms. The Kier molecular flexibility index (Phi) is 5.86. The normalized spacial score (nSPS) is 11.2. The quantitative estimate of drug-likeness (QED) is 0.508. The molecule has 3 aromatic rings. The first kappa shape index (κ1) is 19.7. The van der Waals surface area contributed by atoms with Crippen LogP contribution in [0.5, 0.6) is 5.75 Å². The highest BCUT2D eigenvalue weighted by Crippen LogP contribution is 2.29. The number of nitrogens with one attached hydrogen (secondary N) is 2. The molecule has 0 bridgehead atoms. The fourth-order valence-corrected chi connectivity index (χ4v) is 3.74. The van der Waals surface area contributed by atoms with Crippen LogP contribution in [0, 0.1) is 0 Å². The third kappa shape index (κ3) is 4.81. The van der Waals surface area contributed by atoms with Gasteiger partial charge >= 0.3 is 0 Å². The maximum atomic E-state index is 12.6. The van der Waals surface area contributed by atoms with Gasteiger partial charge in [0.05, 0.1) is 27.6 Å². The van der Waals surface area contributed by atoms with E-state index in [2.05, 4.69) is 15.0 Å². The number of carbonyl (C=O) groups is 1. The first-order valence-corrected chi connectivity index (χ1v) is 10.1. The van der Waals surface area contributed by atoms with E-state index in [1.807, 2.05) is 0 Å². The molecule has 0 radical (unpaired) electrons. The minimum atomic E-state index is -3.97. The summed E-state index contributed by atoms with van der Waals surface area (Å²) in [6.07, 6.45) is 5.03. The second kappa shape index (κ2) is 8.32. The summed E-state index contributed by atoms with van der Waals surface area (Å²) in [6, 6.07) is 10.0. The van der Waals surface area contributed by atoms with Gasteiger partial charge in [0.1, 0.15) is 5.75 Å².